The van der Waals surface area contributed by atoms with E-state index in [1.54, 1.807) is 0 Å². The summed E-state index contributed by atoms with van der Waals surface area (Å²) in [5.74, 6) is 2.05. The Bertz CT molecular complexity index is 90.1. The molecule has 0 radical (unpaired) electrons. The van der Waals surface area contributed by atoms with Gasteiger partial charge in [-0.25, -0.2) is 0 Å². The zero-order chi connectivity index (χ0) is 6.81. The van der Waals surface area contributed by atoms with Crippen LogP contribution in [-0.4, -0.2) is 13.1 Å². The molecule has 2 heteroatoms. The molecule has 0 aromatic carbocycles. The van der Waals surface area contributed by atoms with Crippen LogP contribution in [0.5, 0.6) is 0 Å². The van der Waals surface area contributed by atoms with E-state index in [2.05, 4.69) is 5.32 Å². The summed E-state index contributed by atoms with van der Waals surface area (Å²) < 4.78 is 0. The van der Waals surface area contributed by atoms with E-state index in [1.807, 2.05) is 0 Å². The maximum Gasteiger partial charge on any atom is 1.00 e. The Labute approximate surface area is 81.5 Å². The van der Waals surface area contributed by atoms with Gasteiger partial charge in [0.25, 0.3) is 0 Å². The molecule has 0 aromatic heterocycles. The van der Waals surface area contributed by atoms with Crippen molar-refractivity contribution in [1.29, 1.82) is 0 Å². The average molecular weight is 145 g/mol. The zero-order valence-corrected chi connectivity index (χ0v) is 7.55. The first kappa shape index (κ1) is 9.64. The van der Waals surface area contributed by atoms with E-state index in [9.17, 15) is 0 Å². The molecule has 0 amide bonds. The van der Waals surface area contributed by atoms with E-state index in [0.717, 1.165) is 18.4 Å². The first-order chi connectivity index (χ1) is 4.97. The van der Waals surface area contributed by atoms with Gasteiger partial charge in [0.2, 0.25) is 0 Å². The van der Waals surface area contributed by atoms with Crippen LogP contribution in [0.25, 0.3) is 5.32 Å². The maximum atomic E-state index is 4.46. The fourth-order valence-electron chi connectivity index (χ4n) is 2.42. The standard InChI is InChI=1S/C9H16N.Li/c1-2-4-9-7-10-6-5-8(9)3-1;/h8-9H,1-7H2;/q-1;+1. The normalized spacial score (nSPS) is 37.1. The Hall–Kier alpha value is 0.557. The number of hydrogen-bond donors (Lipinski definition) is 0. The molecule has 0 spiro atoms. The van der Waals surface area contributed by atoms with Gasteiger partial charge < -0.3 is 5.32 Å². The molecule has 2 atom stereocenters. The second kappa shape index (κ2) is 4.55. The molecular formula is C9H16LiN. The Balaban J connectivity index is 0.000000605. The van der Waals surface area contributed by atoms with Crippen LogP contribution in [0, 0.1) is 11.8 Å². The van der Waals surface area contributed by atoms with Crippen LogP contribution >= 0.6 is 0 Å². The third kappa shape index (κ3) is 2.24. The molecule has 1 heterocycles. The molecule has 58 valence electrons. The fraction of sp³-hybridized carbons (Fsp3) is 1.00. The number of piperidine rings is 1. The van der Waals surface area contributed by atoms with Crippen molar-refractivity contribution in [3.8, 4) is 0 Å². The summed E-state index contributed by atoms with van der Waals surface area (Å²) in [7, 11) is 0. The maximum absolute atomic E-state index is 4.46. The molecule has 0 N–H and O–H groups in total. The molecule has 1 aliphatic heterocycles. The molecule has 1 saturated carbocycles. The monoisotopic (exact) mass is 145 g/mol. The topological polar surface area (TPSA) is 14.1 Å². The molecule has 2 fully saturated rings. The third-order valence-corrected chi connectivity index (χ3v) is 3.09. The van der Waals surface area contributed by atoms with Crippen molar-refractivity contribution in [3.05, 3.63) is 5.32 Å². The minimum Gasteiger partial charge on any atom is -0.662 e. The van der Waals surface area contributed by atoms with Crippen molar-refractivity contribution in [3.63, 3.8) is 0 Å². The van der Waals surface area contributed by atoms with Crippen LogP contribution in [-0.2, 0) is 0 Å². The van der Waals surface area contributed by atoms with Gasteiger partial charge in [-0.1, -0.05) is 38.0 Å². The second-order valence-electron chi connectivity index (χ2n) is 3.72. The summed E-state index contributed by atoms with van der Waals surface area (Å²) in [4.78, 5) is 0. The summed E-state index contributed by atoms with van der Waals surface area (Å²) in [5.41, 5.74) is 0. The largest absolute Gasteiger partial charge is 1.00 e. The van der Waals surface area contributed by atoms with E-state index in [-0.39, 0.29) is 18.9 Å². The zero-order valence-electron chi connectivity index (χ0n) is 7.55. The van der Waals surface area contributed by atoms with Gasteiger partial charge in [-0.3, -0.25) is 0 Å². The minimum absolute atomic E-state index is 0. The van der Waals surface area contributed by atoms with Crippen molar-refractivity contribution < 1.29 is 18.9 Å². The van der Waals surface area contributed by atoms with Crippen LogP contribution in [0.2, 0.25) is 0 Å². The van der Waals surface area contributed by atoms with Gasteiger partial charge in [-0.2, -0.15) is 0 Å². The SMILES string of the molecule is C1CCC2C[N-]CCC2C1.[Li+]. The van der Waals surface area contributed by atoms with Gasteiger partial charge in [0.1, 0.15) is 0 Å². The summed E-state index contributed by atoms with van der Waals surface area (Å²) in [6.45, 7) is 2.34. The van der Waals surface area contributed by atoms with Gasteiger partial charge in [-0.05, 0) is 5.92 Å². The van der Waals surface area contributed by atoms with Gasteiger partial charge in [0, 0.05) is 0 Å². The third-order valence-electron chi connectivity index (χ3n) is 3.09. The van der Waals surface area contributed by atoms with E-state index >= 15 is 0 Å². The summed E-state index contributed by atoms with van der Waals surface area (Å²) in [5, 5.41) is 4.46. The van der Waals surface area contributed by atoms with Crippen LogP contribution in [0.15, 0.2) is 0 Å². The molecule has 11 heavy (non-hydrogen) atoms. The molecule has 1 nitrogen and oxygen atoms in total. The Morgan fingerprint density at radius 1 is 0.909 bits per heavy atom. The van der Waals surface area contributed by atoms with Crippen molar-refractivity contribution in [2.75, 3.05) is 13.1 Å². The van der Waals surface area contributed by atoms with Crippen LogP contribution in [0.1, 0.15) is 32.1 Å². The minimum atomic E-state index is 0. The van der Waals surface area contributed by atoms with Crippen molar-refractivity contribution in [2.45, 2.75) is 32.1 Å². The molecule has 1 aliphatic carbocycles. The van der Waals surface area contributed by atoms with Crippen LogP contribution in [0.3, 0.4) is 0 Å². The van der Waals surface area contributed by atoms with Crippen LogP contribution < -0.4 is 18.9 Å². The molecule has 2 rings (SSSR count). The second-order valence-corrected chi connectivity index (χ2v) is 3.72. The summed E-state index contributed by atoms with van der Waals surface area (Å²) >= 11 is 0. The van der Waals surface area contributed by atoms with E-state index in [0.29, 0.717) is 0 Å². The molecular weight excluding hydrogens is 129 g/mol. The Morgan fingerprint density at radius 2 is 1.64 bits per heavy atom. The number of hydrogen-bond acceptors (Lipinski definition) is 0. The van der Waals surface area contributed by atoms with E-state index < -0.39 is 0 Å². The molecule has 2 unspecified atom stereocenters. The van der Waals surface area contributed by atoms with Gasteiger partial charge in [-0.15, -0.1) is 13.1 Å². The summed E-state index contributed by atoms with van der Waals surface area (Å²) in [6, 6.07) is 0. The van der Waals surface area contributed by atoms with Crippen molar-refractivity contribution >= 4 is 0 Å². The number of rotatable bonds is 0. The number of nitrogens with zero attached hydrogens (tertiary/aromatic N) is 1. The Morgan fingerprint density at radius 3 is 2.36 bits per heavy atom. The molecule has 0 aromatic rings. The summed E-state index contributed by atoms with van der Waals surface area (Å²) in [6.07, 6.45) is 7.32. The van der Waals surface area contributed by atoms with Crippen molar-refractivity contribution in [1.82, 2.24) is 0 Å². The fourth-order valence-corrected chi connectivity index (χ4v) is 2.42. The van der Waals surface area contributed by atoms with E-state index in [4.69, 9.17) is 0 Å². The molecule has 2 aliphatic rings. The quantitative estimate of drug-likeness (QED) is 0.411. The average Bonchev–Trinajstić information content (AvgIpc) is 2.05. The predicted molar refractivity (Wildman–Crippen MR) is 43.2 cm³/mol. The van der Waals surface area contributed by atoms with Gasteiger partial charge in [0.15, 0.2) is 0 Å². The van der Waals surface area contributed by atoms with Crippen molar-refractivity contribution in [2.24, 2.45) is 11.8 Å². The number of fused-ring (bicyclic) bond motifs is 1. The first-order valence-electron chi connectivity index (χ1n) is 4.60. The first-order valence-corrected chi connectivity index (χ1v) is 4.60. The predicted octanol–water partition coefficient (Wildman–Crippen LogP) is -0.426. The van der Waals surface area contributed by atoms with Crippen LogP contribution in [0.4, 0.5) is 0 Å². The Kier molecular flexibility index (Phi) is 3.99. The molecule has 0 bridgehead atoms. The smallest absolute Gasteiger partial charge is 0.662 e. The van der Waals surface area contributed by atoms with Gasteiger partial charge in [0.05, 0.1) is 0 Å². The van der Waals surface area contributed by atoms with E-state index in [1.165, 1.54) is 38.6 Å². The van der Waals surface area contributed by atoms with Gasteiger partial charge >= 0.3 is 18.9 Å². The molecule has 1 saturated heterocycles.